The number of nitrogens with one attached hydrogen (secondary N) is 1. The maximum absolute atomic E-state index is 12.7. The number of fused-ring (bicyclic) bond motifs is 1. The van der Waals surface area contributed by atoms with E-state index < -0.39 is 28.8 Å². The van der Waals surface area contributed by atoms with E-state index in [0.717, 1.165) is 5.69 Å². The SMILES string of the molecule is CCn1cc(C(=O)OCC(=O)Nc2ccccc2[N+](=O)[O-])c(=O)c2ccc(C)nc21. The Hall–Kier alpha value is -4.08. The zero-order valence-corrected chi connectivity index (χ0v) is 16.2. The molecule has 0 saturated carbocycles. The highest BCUT2D eigenvalue weighted by Gasteiger charge is 2.20. The van der Waals surface area contributed by atoms with Crippen molar-refractivity contribution in [2.45, 2.75) is 20.4 Å². The summed E-state index contributed by atoms with van der Waals surface area (Å²) in [7, 11) is 0. The van der Waals surface area contributed by atoms with E-state index in [1.165, 1.54) is 30.5 Å². The van der Waals surface area contributed by atoms with Crippen LogP contribution in [0.15, 0.2) is 47.4 Å². The number of aromatic nitrogens is 2. The minimum absolute atomic E-state index is 0.0240. The summed E-state index contributed by atoms with van der Waals surface area (Å²) in [5.74, 6) is -1.74. The number of carbonyl (C=O) groups excluding carboxylic acids is 2. The van der Waals surface area contributed by atoms with Gasteiger partial charge in [-0.25, -0.2) is 9.78 Å². The summed E-state index contributed by atoms with van der Waals surface area (Å²) in [5.41, 5.74) is 0.0865. The Labute approximate surface area is 170 Å². The van der Waals surface area contributed by atoms with Crippen molar-refractivity contribution >= 4 is 34.3 Å². The van der Waals surface area contributed by atoms with Crippen LogP contribution in [-0.2, 0) is 16.1 Å². The van der Waals surface area contributed by atoms with E-state index in [1.54, 1.807) is 23.6 Å². The average Bonchev–Trinajstić information content (AvgIpc) is 2.72. The summed E-state index contributed by atoms with van der Waals surface area (Å²) >= 11 is 0. The number of nitrogens with zero attached hydrogens (tertiary/aromatic N) is 3. The molecule has 0 aliphatic rings. The molecule has 0 aliphatic carbocycles. The smallest absolute Gasteiger partial charge is 0.344 e. The molecule has 0 aliphatic heterocycles. The minimum atomic E-state index is -0.970. The highest BCUT2D eigenvalue weighted by atomic mass is 16.6. The Balaban J connectivity index is 1.78. The van der Waals surface area contributed by atoms with Crippen molar-refractivity contribution < 1.29 is 19.2 Å². The largest absolute Gasteiger partial charge is 0.452 e. The first-order valence-electron chi connectivity index (χ1n) is 9.03. The number of nitro groups is 1. The van der Waals surface area contributed by atoms with Crippen molar-refractivity contribution in [1.29, 1.82) is 0 Å². The normalized spacial score (nSPS) is 10.6. The van der Waals surface area contributed by atoms with Crippen LogP contribution >= 0.6 is 0 Å². The number of carbonyl (C=O) groups is 2. The third-order valence-electron chi connectivity index (χ3n) is 4.33. The molecule has 0 atom stereocenters. The number of rotatable bonds is 6. The maximum atomic E-state index is 12.7. The van der Waals surface area contributed by atoms with Gasteiger partial charge in [-0.3, -0.25) is 19.7 Å². The molecule has 1 amide bonds. The van der Waals surface area contributed by atoms with Crippen molar-refractivity contribution in [2.24, 2.45) is 0 Å². The van der Waals surface area contributed by atoms with Crippen LogP contribution in [0.3, 0.4) is 0 Å². The number of ether oxygens (including phenoxy) is 1. The minimum Gasteiger partial charge on any atom is -0.452 e. The molecular formula is C20H18N4O6. The van der Waals surface area contributed by atoms with Gasteiger partial charge in [-0.1, -0.05) is 12.1 Å². The van der Waals surface area contributed by atoms with Gasteiger partial charge in [0.2, 0.25) is 5.43 Å². The first-order valence-corrected chi connectivity index (χ1v) is 9.03. The molecule has 2 aromatic heterocycles. The fraction of sp³-hybridized carbons (Fsp3) is 0.200. The van der Waals surface area contributed by atoms with Crippen LogP contribution in [0, 0.1) is 17.0 Å². The molecule has 3 aromatic rings. The van der Waals surface area contributed by atoms with Crippen LogP contribution in [0.25, 0.3) is 11.0 Å². The number of pyridine rings is 2. The number of anilines is 1. The van der Waals surface area contributed by atoms with Crippen LogP contribution in [-0.4, -0.2) is 33.0 Å². The fourth-order valence-corrected chi connectivity index (χ4v) is 2.88. The predicted molar refractivity (Wildman–Crippen MR) is 108 cm³/mol. The summed E-state index contributed by atoms with van der Waals surface area (Å²) in [4.78, 5) is 51.9. The van der Waals surface area contributed by atoms with E-state index in [9.17, 15) is 24.5 Å². The zero-order chi connectivity index (χ0) is 21.8. The highest BCUT2D eigenvalue weighted by Crippen LogP contribution is 2.23. The van der Waals surface area contributed by atoms with Crippen molar-refractivity contribution in [3.8, 4) is 0 Å². The lowest BCUT2D eigenvalue weighted by molar-refractivity contribution is -0.383. The van der Waals surface area contributed by atoms with Crippen molar-refractivity contribution in [3.05, 3.63) is 74.2 Å². The van der Waals surface area contributed by atoms with Gasteiger partial charge in [0.25, 0.3) is 11.6 Å². The molecule has 0 saturated heterocycles. The Morgan fingerprint density at radius 3 is 2.67 bits per heavy atom. The quantitative estimate of drug-likeness (QED) is 0.375. The van der Waals surface area contributed by atoms with Gasteiger partial charge in [-0.05, 0) is 32.0 Å². The molecule has 1 aromatic carbocycles. The number of benzene rings is 1. The van der Waals surface area contributed by atoms with Gasteiger partial charge in [0.05, 0.1) is 10.3 Å². The first-order chi connectivity index (χ1) is 14.3. The van der Waals surface area contributed by atoms with Gasteiger partial charge in [0.1, 0.15) is 16.9 Å². The Morgan fingerprint density at radius 2 is 1.97 bits per heavy atom. The van der Waals surface area contributed by atoms with E-state index in [-0.39, 0.29) is 22.3 Å². The Morgan fingerprint density at radius 1 is 1.23 bits per heavy atom. The van der Waals surface area contributed by atoms with Crippen LogP contribution in [0.1, 0.15) is 23.0 Å². The van der Waals surface area contributed by atoms with Gasteiger partial charge in [-0.2, -0.15) is 0 Å². The fourth-order valence-electron chi connectivity index (χ4n) is 2.88. The second-order valence-electron chi connectivity index (χ2n) is 6.38. The molecule has 154 valence electrons. The van der Waals surface area contributed by atoms with Crippen LogP contribution in [0.2, 0.25) is 0 Å². The standard InChI is InChI=1S/C20H18N4O6/c1-3-23-10-14(18(26)13-9-8-12(2)21-19(13)23)20(27)30-11-17(25)22-15-6-4-5-7-16(15)24(28)29/h4-10H,3,11H2,1-2H3,(H,22,25). The van der Waals surface area contributed by atoms with E-state index in [0.29, 0.717) is 12.2 Å². The Kier molecular flexibility index (Phi) is 5.86. The van der Waals surface area contributed by atoms with Gasteiger partial charge in [-0.15, -0.1) is 0 Å². The first kappa shape index (κ1) is 20.6. The molecule has 0 bridgehead atoms. The maximum Gasteiger partial charge on any atom is 0.344 e. The monoisotopic (exact) mass is 410 g/mol. The highest BCUT2D eigenvalue weighted by molar-refractivity contribution is 5.97. The molecule has 30 heavy (non-hydrogen) atoms. The number of hydrogen-bond acceptors (Lipinski definition) is 7. The molecule has 0 spiro atoms. The van der Waals surface area contributed by atoms with E-state index in [1.807, 2.05) is 6.92 Å². The van der Waals surface area contributed by atoms with Crippen LogP contribution in [0.4, 0.5) is 11.4 Å². The molecule has 0 fully saturated rings. The van der Waals surface area contributed by atoms with E-state index >= 15 is 0 Å². The molecule has 3 rings (SSSR count). The zero-order valence-electron chi connectivity index (χ0n) is 16.2. The van der Waals surface area contributed by atoms with Gasteiger partial charge in [0, 0.05) is 24.5 Å². The molecular weight excluding hydrogens is 392 g/mol. The molecule has 0 unspecified atom stereocenters. The summed E-state index contributed by atoms with van der Waals surface area (Å²) in [6.07, 6.45) is 1.35. The van der Waals surface area contributed by atoms with Crippen molar-refractivity contribution in [2.75, 3.05) is 11.9 Å². The molecule has 10 nitrogen and oxygen atoms in total. The second-order valence-corrected chi connectivity index (χ2v) is 6.38. The average molecular weight is 410 g/mol. The lowest BCUT2D eigenvalue weighted by atomic mass is 10.2. The Bertz CT molecular complexity index is 1220. The number of nitro benzene ring substituents is 1. The van der Waals surface area contributed by atoms with Gasteiger partial charge >= 0.3 is 5.97 Å². The molecule has 2 heterocycles. The number of para-hydroxylation sites is 2. The second kappa shape index (κ2) is 8.52. The lowest BCUT2D eigenvalue weighted by Gasteiger charge is -2.11. The predicted octanol–water partition coefficient (Wildman–Crippen LogP) is 2.43. The summed E-state index contributed by atoms with van der Waals surface area (Å²) in [5, 5.41) is 13.6. The van der Waals surface area contributed by atoms with Crippen molar-refractivity contribution in [3.63, 3.8) is 0 Å². The third-order valence-corrected chi connectivity index (χ3v) is 4.33. The van der Waals surface area contributed by atoms with E-state index in [2.05, 4.69) is 10.3 Å². The number of amides is 1. The van der Waals surface area contributed by atoms with Crippen LogP contribution < -0.4 is 10.7 Å². The molecule has 10 heteroatoms. The summed E-state index contributed by atoms with van der Waals surface area (Å²) in [6.45, 7) is 3.39. The van der Waals surface area contributed by atoms with Crippen molar-refractivity contribution in [1.82, 2.24) is 9.55 Å². The number of aryl methyl sites for hydroxylation is 2. The van der Waals surface area contributed by atoms with Gasteiger partial charge in [0.15, 0.2) is 6.61 Å². The third kappa shape index (κ3) is 4.17. The number of esters is 1. The molecule has 1 N–H and O–H groups in total. The summed E-state index contributed by atoms with van der Waals surface area (Å²) in [6, 6.07) is 8.83. The topological polar surface area (TPSA) is 133 Å². The lowest BCUT2D eigenvalue weighted by Crippen LogP contribution is -2.25. The van der Waals surface area contributed by atoms with Crippen LogP contribution in [0.5, 0.6) is 0 Å². The van der Waals surface area contributed by atoms with E-state index in [4.69, 9.17) is 4.74 Å². The molecule has 0 radical (unpaired) electrons. The van der Waals surface area contributed by atoms with Gasteiger partial charge < -0.3 is 14.6 Å². The summed E-state index contributed by atoms with van der Waals surface area (Å²) < 4.78 is 6.61. The number of hydrogen-bond donors (Lipinski definition) is 1.